The van der Waals surface area contributed by atoms with Crippen LogP contribution >= 0.6 is 0 Å². The number of hydrogen-bond donors (Lipinski definition) is 9. The van der Waals surface area contributed by atoms with Crippen LogP contribution in [0.4, 0.5) is 0 Å². The molecule has 0 radical (unpaired) electrons. The predicted molar refractivity (Wildman–Crippen MR) is 145 cm³/mol. The van der Waals surface area contributed by atoms with E-state index in [-0.39, 0.29) is 28.0 Å². The van der Waals surface area contributed by atoms with Gasteiger partial charge in [-0.25, -0.2) is 0 Å². The van der Waals surface area contributed by atoms with Crippen LogP contribution in [0.1, 0.15) is 6.92 Å². The molecule has 5 unspecified atom stereocenters. The average Bonchev–Trinajstić information content (AvgIpc) is 3.00. The lowest BCUT2D eigenvalue weighted by Gasteiger charge is -2.42. The maximum Gasteiger partial charge on any atom is 0.239 e. The van der Waals surface area contributed by atoms with E-state index in [0.717, 1.165) is 18.2 Å². The number of aliphatic hydroxyl groups excluding tert-OH is 6. The summed E-state index contributed by atoms with van der Waals surface area (Å²) in [5.41, 5.74) is -1.10. The topological polar surface area (TPSA) is 258 Å². The van der Waals surface area contributed by atoms with E-state index < -0.39 is 96.4 Å². The second-order valence-corrected chi connectivity index (χ2v) is 10.5. The predicted octanol–water partition coefficient (Wildman–Crippen LogP) is -1.38. The number of hydrogen-bond acceptors (Lipinski definition) is 16. The Balaban J connectivity index is 1.49. The molecule has 2 aliphatic rings. The summed E-state index contributed by atoms with van der Waals surface area (Å²) < 4.78 is 33.2. The fourth-order valence-corrected chi connectivity index (χ4v) is 4.95. The molecule has 10 atom stereocenters. The van der Waals surface area contributed by atoms with Gasteiger partial charge in [-0.05, 0) is 25.1 Å². The van der Waals surface area contributed by atoms with Crippen molar-refractivity contribution in [3.8, 4) is 40.1 Å². The standard InChI is InChI=1S/C28H32O16/c1-9-18(32)21(35)23(37)27(41-9)40-8-16-19(33)22(36)24(38)28(43-16)44-26-20(34)17-14(31)6-11(39-2)7-15(17)42-25(26)10-3-4-12(29)13(30)5-10/h3-7,9,16,18-19,21-24,27-33,35-38H,8H2,1-2H3/t9?,16?,18-,19+,21-,22?,23?,24?,27+,28-/m0/s1. The van der Waals surface area contributed by atoms with E-state index in [0.29, 0.717) is 0 Å². The maximum atomic E-state index is 13.7. The monoisotopic (exact) mass is 624 g/mol. The van der Waals surface area contributed by atoms with Crippen molar-refractivity contribution in [2.45, 2.75) is 68.3 Å². The second-order valence-electron chi connectivity index (χ2n) is 10.5. The molecule has 0 saturated carbocycles. The van der Waals surface area contributed by atoms with Crippen LogP contribution in [0.5, 0.6) is 28.7 Å². The smallest absolute Gasteiger partial charge is 0.239 e. The van der Waals surface area contributed by atoms with Crippen molar-refractivity contribution in [1.82, 2.24) is 0 Å². The first-order valence-corrected chi connectivity index (χ1v) is 13.4. The highest BCUT2D eigenvalue weighted by Crippen LogP contribution is 2.39. The summed E-state index contributed by atoms with van der Waals surface area (Å²) in [5.74, 6) is -2.44. The molecule has 1 aromatic heterocycles. The summed E-state index contributed by atoms with van der Waals surface area (Å²) in [5, 5.41) is 92.1. The van der Waals surface area contributed by atoms with E-state index in [1.807, 2.05) is 0 Å². The van der Waals surface area contributed by atoms with Gasteiger partial charge >= 0.3 is 0 Å². The van der Waals surface area contributed by atoms with Crippen LogP contribution in [-0.2, 0) is 14.2 Å². The number of rotatable bonds is 7. The minimum atomic E-state index is -1.95. The van der Waals surface area contributed by atoms with Crippen LogP contribution < -0.4 is 14.9 Å². The molecule has 44 heavy (non-hydrogen) atoms. The number of benzene rings is 2. The molecular weight excluding hydrogens is 592 g/mol. The summed E-state index contributed by atoms with van der Waals surface area (Å²) in [7, 11) is 1.32. The highest BCUT2D eigenvalue weighted by atomic mass is 16.7. The van der Waals surface area contributed by atoms with E-state index in [1.165, 1.54) is 26.2 Å². The normalized spacial score (nSPS) is 32.5. The van der Waals surface area contributed by atoms with Crippen molar-refractivity contribution in [3.05, 3.63) is 40.6 Å². The Bertz CT molecular complexity index is 1560. The van der Waals surface area contributed by atoms with Gasteiger partial charge in [0.2, 0.25) is 17.5 Å². The number of aromatic hydroxyl groups is 3. The third kappa shape index (κ3) is 5.74. The molecule has 9 N–H and O–H groups in total. The Morgan fingerprint density at radius 3 is 2.14 bits per heavy atom. The van der Waals surface area contributed by atoms with Gasteiger partial charge in [0.15, 0.2) is 23.5 Å². The summed E-state index contributed by atoms with van der Waals surface area (Å²) >= 11 is 0. The third-order valence-electron chi connectivity index (χ3n) is 7.52. The first-order valence-electron chi connectivity index (χ1n) is 13.4. The van der Waals surface area contributed by atoms with Crippen molar-refractivity contribution >= 4 is 11.0 Å². The molecule has 3 aromatic rings. The van der Waals surface area contributed by atoms with Crippen molar-refractivity contribution in [2.75, 3.05) is 13.7 Å². The van der Waals surface area contributed by atoms with Crippen LogP contribution in [0.3, 0.4) is 0 Å². The minimum absolute atomic E-state index is 0.0145. The number of phenolic OH excluding ortho intramolecular Hbond substituents is 3. The van der Waals surface area contributed by atoms with Crippen LogP contribution in [0.25, 0.3) is 22.3 Å². The largest absolute Gasteiger partial charge is 0.507 e. The Labute approximate surface area is 248 Å². The second kappa shape index (κ2) is 12.4. The highest BCUT2D eigenvalue weighted by molar-refractivity contribution is 5.88. The van der Waals surface area contributed by atoms with Crippen molar-refractivity contribution in [2.24, 2.45) is 0 Å². The lowest BCUT2D eigenvalue weighted by Crippen LogP contribution is -2.61. The van der Waals surface area contributed by atoms with E-state index >= 15 is 0 Å². The van der Waals surface area contributed by atoms with Crippen LogP contribution in [-0.4, -0.2) is 121 Å². The Morgan fingerprint density at radius 1 is 0.773 bits per heavy atom. The molecular formula is C28H32O16. The van der Waals surface area contributed by atoms with Gasteiger partial charge in [-0.2, -0.15) is 0 Å². The molecule has 2 aliphatic heterocycles. The van der Waals surface area contributed by atoms with Gasteiger partial charge in [-0.1, -0.05) is 0 Å². The van der Waals surface area contributed by atoms with Gasteiger partial charge in [0.05, 0.1) is 19.8 Å². The van der Waals surface area contributed by atoms with Crippen molar-refractivity contribution in [1.29, 1.82) is 0 Å². The van der Waals surface area contributed by atoms with Crippen molar-refractivity contribution < 1.29 is 74.1 Å². The van der Waals surface area contributed by atoms with Gasteiger partial charge in [-0.15, -0.1) is 0 Å². The zero-order valence-corrected chi connectivity index (χ0v) is 23.3. The van der Waals surface area contributed by atoms with Gasteiger partial charge < -0.3 is 74.1 Å². The fraction of sp³-hybridized carbons (Fsp3) is 0.464. The molecule has 16 nitrogen and oxygen atoms in total. The number of phenols is 3. The lowest BCUT2D eigenvalue weighted by atomic mass is 9.98. The van der Waals surface area contributed by atoms with E-state index in [2.05, 4.69) is 0 Å². The Morgan fingerprint density at radius 2 is 1.45 bits per heavy atom. The molecule has 0 amide bonds. The van der Waals surface area contributed by atoms with E-state index in [9.17, 15) is 50.8 Å². The number of fused-ring (bicyclic) bond motifs is 1. The van der Waals surface area contributed by atoms with Gasteiger partial charge in [0.25, 0.3) is 0 Å². The highest BCUT2D eigenvalue weighted by Gasteiger charge is 2.47. The lowest BCUT2D eigenvalue weighted by molar-refractivity contribution is -0.318. The van der Waals surface area contributed by atoms with Gasteiger partial charge in [0, 0.05) is 17.7 Å². The summed E-state index contributed by atoms with van der Waals surface area (Å²) in [6, 6.07) is 5.90. The minimum Gasteiger partial charge on any atom is -0.507 e. The molecule has 0 bridgehead atoms. The number of methoxy groups -OCH3 is 1. The Kier molecular flexibility index (Phi) is 8.90. The quantitative estimate of drug-likeness (QED) is 0.137. The first kappa shape index (κ1) is 31.7. The molecule has 2 fully saturated rings. The van der Waals surface area contributed by atoms with E-state index in [4.69, 9.17) is 28.1 Å². The molecule has 16 heteroatoms. The van der Waals surface area contributed by atoms with Crippen LogP contribution in [0, 0.1) is 0 Å². The Hall–Kier alpha value is -3.71. The SMILES string of the molecule is COc1cc(O)c2c(=O)c(O[C@@H]3OC(CO[C@@H]4OC(C)[C@H](O)[C@H](O)C4O)[C@@H](O)C(O)C3O)c(-c3ccc(O)c(O)c3)oc2c1. The molecule has 5 rings (SSSR count). The summed E-state index contributed by atoms with van der Waals surface area (Å²) in [6.07, 6.45) is -16.0. The molecule has 2 aromatic carbocycles. The zero-order valence-electron chi connectivity index (χ0n) is 23.3. The molecule has 3 heterocycles. The first-order chi connectivity index (χ1) is 20.8. The fourth-order valence-electron chi connectivity index (χ4n) is 4.95. The van der Waals surface area contributed by atoms with Crippen molar-refractivity contribution in [3.63, 3.8) is 0 Å². The van der Waals surface area contributed by atoms with Crippen LogP contribution in [0.15, 0.2) is 39.5 Å². The zero-order chi connectivity index (χ0) is 32.0. The molecule has 0 aliphatic carbocycles. The van der Waals surface area contributed by atoms with Gasteiger partial charge in [-0.3, -0.25) is 4.79 Å². The third-order valence-corrected chi connectivity index (χ3v) is 7.52. The average molecular weight is 625 g/mol. The molecule has 0 spiro atoms. The molecule has 2 saturated heterocycles. The van der Waals surface area contributed by atoms with Gasteiger partial charge in [0.1, 0.15) is 65.2 Å². The molecule has 240 valence electrons. The van der Waals surface area contributed by atoms with E-state index in [1.54, 1.807) is 0 Å². The summed E-state index contributed by atoms with van der Waals surface area (Å²) in [4.78, 5) is 13.7. The maximum absolute atomic E-state index is 13.7. The van der Waals surface area contributed by atoms with Crippen LogP contribution in [0.2, 0.25) is 0 Å². The number of ether oxygens (including phenoxy) is 5. The summed E-state index contributed by atoms with van der Waals surface area (Å²) in [6.45, 7) is 0.841. The number of aliphatic hydroxyl groups is 6.